The summed E-state index contributed by atoms with van der Waals surface area (Å²) in [4.78, 5) is 30.1. The molecule has 1 N–H and O–H groups in total. The highest BCUT2D eigenvalue weighted by Crippen LogP contribution is 2.19. The van der Waals surface area contributed by atoms with E-state index >= 15 is 0 Å². The highest BCUT2D eigenvalue weighted by Gasteiger charge is 2.16. The molecule has 106 valence electrons. The van der Waals surface area contributed by atoms with Crippen LogP contribution in [0.5, 0.6) is 0 Å². The maximum atomic E-state index is 11.3. The molecule has 2 heterocycles. The minimum Gasteiger partial charge on any atom is -0.478 e. The zero-order valence-electron chi connectivity index (χ0n) is 10.7. The number of fused-ring (bicyclic) bond motifs is 1. The van der Waals surface area contributed by atoms with E-state index in [1.54, 1.807) is 0 Å². The Balaban J connectivity index is 2.02. The Kier molecular flexibility index (Phi) is 2.87. The van der Waals surface area contributed by atoms with Gasteiger partial charge in [-0.1, -0.05) is 0 Å². The molecular formula is C12H8N4O5. The van der Waals surface area contributed by atoms with Crippen LogP contribution in [0.4, 0.5) is 0 Å². The summed E-state index contributed by atoms with van der Waals surface area (Å²) in [5.74, 6) is -1.88. The van der Waals surface area contributed by atoms with Gasteiger partial charge < -0.3 is 14.3 Å². The first-order valence-corrected chi connectivity index (χ1v) is 5.72. The molecule has 9 nitrogen and oxygen atoms in total. The number of oxazole rings is 1. The third-order valence-electron chi connectivity index (χ3n) is 2.68. The van der Waals surface area contributed by atoms with Gasteiger partial charge in [-0.3, -0.25) is 0 Å². The molecule has 0 bridgehead atoms. The Bertz CT molecular complexity index is 850. The second kappa shape index (κ2) is 4.71. The first-order valence-electron chi connectivity index (χ1n) is 5.72. The molecule has 0 saturated heterocycles. The SMILES string of the molecule is COC(=O)c1ncn(-c2nc3ccc(C(=O)O)cc3o2)n1. The standard InChI is InChI=1S/C12H8N4O5/c1-20-11(19)9-13-5-16(15-9)12-14-7-3-2-6(10(17)18)4-8(7)21-12/h2-5H,1H3,(H,17,18). The summed E-state index contributed by atoms with van der Waals surface area (Å²) in [7, 11) is 1.22. The summed E-state index contributed by atoms with van der Waals surface area (Å²) in [6.07, 6.45) is 1.25. The van der Waals surface area contributed by atoms with Crippen molar-refractivity contribution >= 4 is 23.0 Å². The van der Waals surface area contributed by atoms with Crippen LogP contribution in [0.15, 0.2) is 28.9 Å². The number of hydrogen-bond donors (Lipinski definition) is 1. The van der Waals surface area contributed by atoms with Gasteiger partial charge in [0.25, 0.3) is 5.82 Å². The van der Waals surface area contributed by atoms with Gasteiger partial charge in [-0.05, 0) is 18.2 Å². The minimum atomic E-state index is -1.07. The number of benzene rings is 1. The Morgan fingerprint density at radius 1 is 1.38 bits per heavy atom. The minimum absolute atomic E-state index is 0.0650. The lowest BCUT2D eigenvalue weighted by Gasteiger charge is -1.92. The van der Waals surface area contributed by atoms with Crippen LogP contribution in [-0.4, -0.2) is 43.9 Å². The number of aromatic carboxylic acids is 1. The summed E-state index contributed by atoms with van der Waals surface area (Å²) < 4.78 is 11.1. The number of nitrogens with zero attached hydrogens (tertiary/aromatic N) is 4. The van der Waals surface area contributed by atoms with Crippen molar-refractivity contribution < 1.29 is 23.8 Å². The van der Waals surface area contributed by atoms with E-state index in [0.29, 0.717) is 11.1 Å². The molecule has 21 heavy (non-hydrogen) atoms. The molecule has 9 heteroatoms. The van der Waals surface area contributed by atoms with Gasteiger partial charge in [0.05, 0.1) is 12.7 Å². The number of carbonyl (C=O) groups is 2. The summed E-state index contributed by atoms with van der Waals surface area (Å²) in [6.45, 7) is 0. The molecule has 0 fully saturated rings. The fourth-order valence-corrected chi connectivity index (χ4v) is 1.68. The molecule has 0 saturated carbocycles. The van der Waals surface area contributed by atoms with Crippen LogP contribution in [0.2, 0.25) is 0 Å². The van der Waals surface area contributed by atoms with E-state index in [2.05, 4.69) is 19.8 Å². The lowest BCUT2D eigenvalue weighted by Crippen LogP contribution is -2.05. The van der Waals surface area contributed by atoms with Gasteiger partial charge in [0.1, 0.15) is 11.8 Å². The third-order valence-corrected chi connectivity index (χ3v) is 2.68. The normalized spacial score (nSPS) is 10.7. The highest BCUT2D eigenvalue weighted by molar-refractivity contribution is 5.91. The summed E-state index contributed by atoms with van der Waals surface area (Å²) >= 11 is 0. The number of methoxy groups -OCH3 is 1. The number of aromatic nitrogens is 4. The average Bonchev–Trinajstić information content (AvgIpc) is 3.11. The van der Waals surface area contributed by atoms with E-state index in [1.807, 2.05) is 0 Å². The molecule has 0 aliphatic rings. The molecule has 3 aromatic rings. The summed E-state index contributed by atoms with van der Waals surface area (Å²) in [5, 5.41) is 12.8. The first-order chi connectivity index (χ1) is 10.1. The van der Waals surface area contributed by atoms with Gasteiger partial charge >= 0.3 is 18.0 Å². The Morgan fingerprint density at radius 2 is 2.19 bits per heavy atom. The number of hydrogen-bond acceptors (Lipinski definition) is 7. The number of carbonyl (C=O) groups excluding carboxylic acids is 1. The maximum absolute atomic E-state index is 11.3. The molecular weight excluding hydrogens is 280 g/mol. The summed E-state index contributed by atoms with van der Waals surface area (Å²) in [6, 6.07) is 4.35. The van der Waals surface area contributed by atoms with Gasteiger partial charge in [0.2, 0.25) is 0 Å². The van der Waals surface area contributed by atoms with Crippen LogP contribution >= 0.6 is 0 Å². The Hall–Kier alpha value is -3.23. The van der Waals surface area contributed by atoms with E-state index in [9.17, 15) is 9.59 Å². The predicted octanol–water partition coefficient (Wildman–Crippen LogP) is 0.893. The van der Waals surface area contributed by atoms with Crippen molar-refractivity contribution in [2.24, 2.45) is 0 Å². The lowest BCUT2D eigenvalue weighted by molar-refractivity contribution is 0.0586. The molecule has 0 unspecified atom stereocenters. The third kappa shape index (κ3) is 2.20. The second-order valence-electron chi connectivity index (χ2n) is 3.99. The molecule has 1 aromatic carbocycles. The number of ether oxygens (including phenoxy) is 1. The number of rotatable bonds is 3. The van der Waals surface area contributed by atoms with Crippen molar-refractivity contribution in [1.29, 1.82) is 0 Å². The van der Waals surface area contributed by atoms with E-state index in [0.717, 1.165) is 4.68 Å². The zero-order valence-corrected chi connectivity index (χ0v) is 10.7. The average molecular weight is 288 g/mol. The van der Waals surface area contributed by atoms with Crippen molar-refractivity contribution in [2.45, 2.75) is 0 Å². The molecule has 0 spiro atoms. The number of carboxylic acids is 1. The van der Waals surface area contributed by atoms with Gasteiger partial charge in [0.15, 0.2) is 5.58 Å². The highest BCUT2D eigenvalue weighted by atomic mass is 16.5. The fraction of sp³-hybridized carbons (Fsp3) is 0.0833. The van der Waals surface area contributed by atoms with Crippen molar-refractivity contribution in [3.63, 3.8) is 0 Å². The molecule has 0 aliphatic carbocycles. The van der Waals surface area contributed by atoms with Crippen LogP contribution in [0, 0.1) is 0 Å². The largest absolute Gasteiger partial charge is 0.478 e. The van der Waals surface area contributed by atoms with Crippen molar-refractivity contribution in [3.05, 3.63) is 35.9 Å². The van der Waals surface area contributed by atoms with E-state index in [1.165, 1.54) is 31.6 Å². The van der Waals surface area contributed by atoms with Crippen molar-refractivity contribution in [1.82, 2.24) is 19.7 Å². The first kappa shape index (κ1) is 12.8. The lowest BCUT2D eigenvalue weighted by atomic mass is 10.2. The molecule has 2 aromatic heterocycles. The number of carboxylic acid groups (broad SMARTS) is 1. The van der Waals surface area contributed by atoms with Crippen LogP contribution < -0.4 is 0 Å². The number of esters is 1. The van der Waals surface area contributed by atoms with Crippen molar-refractivity contribution in [3.8, 4) is 6.01 Å². The van der Waals surface area contributed by atoms with E-state index in [4.69, 9.17) is 9.52 Å². The zero-order chi connectivity index (χ0) is 15.0. The molecule has 0 atom stereocenters. The van der Waals surface area contributed by atoms with Gasteiger partial charge in [-0.15, -0.1) is 5.10 Å². The van der Waals surface area contributed by atoms with Crippen molar-refractivity contribution in [2.75, 3.05) is 7.11 Å². The van der Waals surface area contributed by atoms with Crippen LogP contribution in [0.25, 0.3) is 17.1 Å². The fourth-order valence-electron chi connectivity index (χ4n) is 1.68. The van der Waals surface area contributed by atoms with Crippen LogP contribution in [0.3, 0.4) is 0 Å². The maximum Gasteiger partial charge on any atom is 0.377 e. The van der Waals surface area contributed by atoms with E-state index < -0.39 is 11.9 Å². The monoisotopic (exact) mass is 288 g/mol. The molecule has 0 radical (unpaired) electrons. The molecule has 0 aliphatic heterocycles. The van der Waals surface area contributed by atoms with Gasteiger partial charge in [0, 0.05) is 0 Å². The predicted molar refractivity (Wildman–Crippen MR) is 67.2 cm³/mol. The van der Waals surface area contributed by atoms with E-state index in [-0.39, 0.29) is 17.4 Å². The quantitative estimate of drug-likeness (QED) is 0.705. The topological polar surface area (TPSA) is 120 Å². The van der Waals surface area contributed by atoms with Gasteiger partial charge in [-0.25, -0.2) is 14.6 Å². The second-order valence-corrected chi connectivity index (χ2v) is 3.99. The van der Waals surface area contributed by atoms with Crippen LogP contribution in [-0.2, 0) is 4.74 Å². The van der Waals surface area contributed by atoms with Gasteiger partial charge in [-0.2, -0.15) is 9.67 Å². The molecule has 0 amide bonds. The van der Waals surface area contributed by atoms with Crippen LogP contribution in [0.1, 0.15) is 21.0 Å². The summed E-state index contributed by atoms with van der Waals surface area (Å²) in [5.41, 5.74) is 0.837. The molecule has 3 rings (SSSR count). The smallest absolute Gasteiger partial charge is 0.377 e. The Labute approximate surface area is 116 Å². The Morgan fingerprint density at radius 3 is 2.90 bits per heavy atom.